The largest absolute Gasteiger partial charge is 0.405 e. The van der Waals surface area contributed by atoms with Crippen LogP contribution in [-0.4, -0.2) is 64.2 Å². The number of pyridine rings is 1. The highest BCUT2D eigenvalue weighted by atomic mass is 127. The number of fused-ring (bicyclic) bond motifs is 2. The summed E-state index contributed by atoms with van der Waals surface area (Å²) in [5.41, 5.74) is -2.39. The molecule has 3 atom stereocenters. The molecule has 0 bridgehead atoms. The third-order valence-electron chi connectivity index (χ3n) is 12.2. The summed E-state index contributed by atoms with van der Waals surface area (Å²) in [4.78, 5) is 19.2. The second-order valence-electron chi connectivity index (χ2n) is 18.1. The number of benzene rings is 2. The Morgan fingerprint density at radius 2 is 1.72 bits per heavy atom. The van der Waals surface area contributed by atoms with E-state index in [1.54, 1.807) is 25.2 Å². The van der Waals surface area contributed by atoms with E-state index in [-0.39, 0.29) is 57.2 Å². The lowest BCUT2D eigenvalue weighted by atomic mass is 9.93. The Bertz CT molecular complexity index is 3170. The Hall–Kier alpha value is -5.25. The number of amides is 1. The maximum atomic E-state index is 15.8. The first-order valence-electron chi connectivity index (χ1n) is 21.2. The van der Waals surface area contributed by atoms with Crippen molar-refractivity contribution in [1.29, 1.82) is 0 Å². The fourth-order valence-corrected chi connectivity index (χ4v) is 11.0. The van der Waals surface area contributed by atoms with Gasteiger partial charge < -0.3 is 14.8 Å². The van der Waals surface area contributed by atoms with E-state index in [1.165, 1.54) is 46.2 Å². The molecule has 1 fully saturated rings. The molecule has 3 N–H and O–H groups in total. The summed E-state index contributed by atoms with van der Waals surface area (Å²) in [5, 5.41) is 32.3. The summed E-state index contributed by atoms with van der Waals surface area (Å²) in [7, 11) is -2.10. The van der Waals surface area contributed by atoms with Gasteiger partial charge in [-0.1, -0.05) is 42.5 Å². The van der Waals surface area contributed by atoms with E-state index < -0.39 is 91.1 Å². The van der Waals surface area contributed by atoms with Crippen molar-refractivity contribution in [3.8, 4) is 23.0 Å². The number of carbonyl (C=O) groups excluding carboxylic acids is 1. The predicted molar refractivity (Wildman–Crippen MR) is 247 cm³/mol. The number of aromatic nitrogens is 7. The lowest BCUT2D eigenvalue weighted by Crippen LogP contribution is -2.35. The van der Waals surface area contributed by atoms with Gasteiger partial charge in [-0.15, -0.1) is 5.10 Å². The van der Waals surface area contributed by atoms with Crippen molar-refractivity contribution < 1.29 is 49.1 Å². The maximum absolute atomic E-state index is 15.8. The van der Waals surface area contributed by atoms with Gasteiger partial charge in [-0.25, -0.2) is 31.0 Å². The van der Waals surface area contributed by atoms with Crippen molar-refractivity contribution in [2.75, 3.05) is 5.32 Å². The highest BCUT2D eigenvalue weighted by Crippen LogP contribution is 2.54. The molecule has 0 unspecified atom stereocenters. The number of anilines is 2. The van der Waals surface area contributed by atoms with Crippen LogP contribution >= 0.6 is 34.2 Å². The molecule has 0 saturated heterocycles. The van der Waals surface area contributed by atoms with Crippen LogP contribution in [0.2, 0.25) is 5.02 Å². The zero-order valence-electron chi connectivity index (χ0n) is 37.3. The van der Waals surface area contributed by atoms with Gasteiger partial charge in [-0.3, -0.25) is 19.5 Å². The molecule has 14 nitrogen and oxygen atoms in total. The zero-order chi connectivity index (χ0) is 49.6. The van der Waals surface area contributed by atoms with E-state index in [9.17, 15) is 35.9 Å². The molecule has 2 aliphatic rings. The molecule has 1 saturated carbocycles. The molecule has 4 heterocycles. The smallest absolute Gasteiger partial charge is 0.321 e. The van der Waals surface area contributed by atoms with Crippen LogP contribution in [0.1, 0.15) is 113 Å². The summed E-state index contributed by atoms with van der Waals surface area (Å²) in [5.74, 6) is -3.13. The normalized spacial score (nSPS) is 17.6. The van der Waals surface area contributed by atoms with Crippen molar-refractivity contribution in [3.05, 3.63) is 96.4 Å². The second kappa shape index (κ2) is 17.6. The van der Waals surface area contributed by atoms with Crippen LogP contribution in [0.3, 0.4) is 0 Å². The van der Waals surface area contributed by atoms with Gasteiger partial charge in [0.05, 0.1) is 32.9 Å². The van der Waals surface area contributed by atoms with Crippen LogP contribution in [-0.2, 0) is 46.2 Å². The fraction of sp³-hybridized carbons (Fsp3) is 0.422. The van der Waals surface area contributed by atoms with E-state index >= 15 is 8.78 Å². The molecule has 6 aromatic rings. The van der Waals surface area contributed by atoms with Crippen LogP contribution in [0.4, 0.5) is 38.2 Å². The fourth-order valence-electron chi connectivity index (χ4n) is 8.36. The molecule has 1 amide bonds. The molecular weight excluding hydrogens is 1050 g/mol. The quantitative estimate of drug-likeness (QED) is 0.0569. The summed E-state index contributed by atoms with van der Waals surface area (Å²) in [6, 6.07) is 6.02. The highest BCUT2D eigenvalue weighted by molar-refractivity contribution is 14.1. The van der Waals surface area contributed by atoms with E-state index in [4.69, 9.17) is 21.0 Å². The molecule has 23 heteroatoms. The number of rotatable bonds is 13. The Kier molecular flexibility index (Phi) is 12.7. The minimum atomic E-state index is -3.70. The highest BCUT2D eigenvalue weighted by Gasteiger charge is 2.55. The first-order chi connectivity index (χ1) is 31.7. The molecule has 360 valence electrons. The topological polar surface area (TPSA) is 183 Å². The number of hydrogen-bond donors (Lipinski definition) is 3. The first-order valence-corrected chi connectivity index (χ1v) is 24.2. The van der Waals surface area contributed by atoms with Crippen molar-refractivity contribution in [2.24, 2.45) is 13.0 Å². The summed E-state index contributed by atoms with van der Waals surface area (Å²) in [6.07, 6.45) is -2.61. The zero-order valence-corrected chi connectivity index (χ0v) is 41.1. The number of aliphatic hydroxyl groups is 1. The number of alkyl halides is 4. The second-order valence-corrected chi connectivity index (χ2v) is 22.4. The standard InChI is InChI=1S/C45H43ClF6IN9O5S/c1-20-21(2)45(51,52)38-33(20)36(39(49)50)59-62(38)19-32(63)54-31(16-22-14-23(47)17-24(48)15-22)35-27(18-29(53)30(55-35)12-13-43(3,4)68(65,66)25-8-9-25)26-10-11-28(46)34-37(26)61(7)60-40(34)56-42-58-57-41(67-42)44(5,6)64/h10-11,14-15,17-18,20-21,25,31,39,64H,8-9,16,19H2,1-7H3,(H,54,63)(H,56,58,60)/t20-,21+,31-/m0/s1. The molecule has 4 aromatic heterocycles. The van der Waals surface area contributed by atoms with Gasteiger partial charge >= 0.3 is 6.01 Å². The number of sulfone groups is 1. The minimum absolute atomic E-state index is 0.00758. The van der Waals surface area contributed by atoms with E-state index in [0.29, 0.717) is 43.6 Å². The van der Waals surface area contributed by atoms with Gasteiger partial charge in [-0.2, -0.15) is 19.0 Å². The molecule has 0 aliphatic heterocycles. The third kappa shape index (κ3) is 9.06. The Balaban J connectivity index is 1.31. The molecule has 8 rings (SSSR count). The van der Waals surface area contributed by atoms with Gasteiger partial charge in [0.2, 0.25) is 11.8 Å². The van der Waals surface area contributed by atoms with Gasteiger partial charge in [0, 0.05) is 39.3 Å². The minimum Gasteiger partial charge on any atom is -0.405 e. The van der Waals surface area contributed by atoms with Gasteiger partial charge in [0.15, 0.2) is 15.7 Å². The average Bonchev–Trinajstić information content (AvgIpc) is 3.67. The number of halogens is 8. The number of aryl methyl sites for hydroxylation is 1. The van der Waals surface area contributed by atoms with Crippen LogP contribution in [0.15, 0.2) is 40.8 Å². The number of hydrogen-bond acceptors (Lipinski definition) is 11. The Labute approximate surface area is 404 Å². The Morgan fingerprint density at radius 1 is 1.04 bits per heavy atom. The van der Waals surface area contributed by atoms with Crippen LogP contribution in [0, 0.1) is 33.0 Å². The average molecular weight is 1100 g/mol. The molecule has 2 aromatic carbocycles. The molecule has 2 aliphatic carbocycles. The molecule has 0 spiro atoms. The van der Waals surface area contributed by atoms with Crippen molar-refractivity contribution in [3.63, 3.8) is 0 Å². The Morgan fingerprint density at radius 3 is 2.34 bits per heavy atom. The SMILES string of the molecule is C[C@@H]1c2c(C(F)F)nn(CC(=O)N[C@@H](Cc3cc(F)cc(F)c3)c3nc(C#CC(C)(C)S(=O)(=O)C4CC4)c(I)cc3-c3ccc(Cl)c4c(Nc5nnc(C(C)(C)O)o5)nn(C)c34)c2C(F)(F)[C@@H]1C. The van der Waals surface area contributed by atoms with Crippen LogP contribution < -0.4 is 10.6 Å². The third-order valence-corrected chi connectivity index (χ3v) is 16.2. The number of nitrogens with one attached hydrogen (secondary N) is 2. The van der Waals surface area contributed by atoms with Crippen LogP contribution in [0.5, 0.6) is 0 Å². The molecular formula is C45H43ClF6IN9O5S. The number of nitrogens with zero attached hydrogens (tertiary/aromatic N) is 7. The number of carbonyl (C=O) groups is 1. The van der Waals surface area contributed by atoms with Crippen molar-refractivity contribution in [2.45, 2.75) is 107 Å². The van der Waals surface area contributed by atoms with E-state index in [1.807, 2.05) is 22.6 Å². The van der Waals surface area contributed by atoms with Crippen molar-refractivity contribution in [1.82, 2.24) is 40.1 Å². The van der Waals surface area contributed by atoms with E-state index in [0.717, 1.165) is 12.1 Å². The van der Waals surface area contributed by atoms with E-state index in [2.05, 4.69) is 42.9 Å². The van der Waals surface area contributed by atoms with Gasteiger partial charge in [-0.05, 0) is 111 Å². The summed E-state index contributed by atoms with van der Waals surface area (Å²) in [6.45, 7) is 7.51. The van der Waals surface area contributed by atoms with Gasteiger partial charge in [0.1, 0.15) is 45.6 Å². The maximum Gasteiger partial charge on any atom is 0.321 e. The van der Waals surface area contributed by atoms with Crippen molar-refractivity contribution >= 4 is 72.7 Å². The predicted octanol–water partition coefficient (Wildman–Crippen LogP) is 9.31. The molecule has 68 heavy (non-hydrogen) atoms. The summed E-state index contributed by atoms with van der Waals surface area (Å²) >= 11 is 8.82. The molecule has 0 radical (unpaired) electrons. The lowest BCUT2D eigenvalue weighted by Gasteiger charge is -2.24. The first kappa shape index (κ1) is 49.2. The monoisotopic (exact) mass is 1100 g/mol. The lowest BCUT2D eigenvalue weighted by molar-refractivity contribution is -0.123. The van der Waals surface area contributed by atoms with Gasteiger partial charge in [0.25, 0.3) is 12.3 Å². The van der Waals surface area contributed by atoms with Crippen LogP contribution in [0.25, 0.3) is 22.0 Å². The summed E-state index contributed by atoms with van der Waals surface area (Å²) < 4.78 is 123.